The van der Waals surface area contributed by atoms with Crippen molar-refractivity contribution < 1.29 is 9.90 Å². The van der Waals surface area contributed by atoms with Gasteiger partial charge in [0.1, 0.15) is 0 Å². The molecule has 3 nitrogen and oxygen atoms in total. The summed E-state index contributed by atoms with van der Waals surface area (Å²) < 4.78 is 0.968. The monoisotopic (exact) mass is 323 g/mol. The van der Waals surface area contributed by atoms with E-state index in [-0.39, 0.29) is 12.5 Å². The highest BCUT2D eigenvalue weighted by molar-refractivity contribution is 9.11. The van der Waals surface area contributed by atoms with E-state index in [4.69, 9.17) is 5.11 Å². The van der Waals surface area contributed by atoms with Gasteiger partial charge in [0.05, 0.1) is 9.35 Å². The Balaban J connectivity index is 2.11. The van der Waals surface area contributed by atoms with Crippen LogP contribution in [0.2, 0.25) is 0 Å². The first kappa shape index (κ1) is 14.0. The van der Waals surface area contributed by atoms with Gasteiger partial charge < -0.3 is 10.4 Å². The number of hydrogen-bond donors (Lipinski definition) is 2. The molecule has 1 heterocycles. The molecule has 0 aliphatic carbocycles. The Morgan fingerprint density at radius 1 is 1.56 bits per heavy atom. The quantitative estimate of drug-likeness (QED) is 0.757. The summed E-state index contributed by atoms with van der Waals surface area (Å²) in [4.78, 5) is 11.6. The molecule has 0 unspecified atom stereocenters. The maximum Gasteiger partial charge on any atom is 0.252 e. The van der Waals surface area contributed by atoms with E-state index in [0.717, 1.165) is 21.7 Å². The molecular weight excluding hydrogens is 310 g/mol. The first-order chi connectivity index (χ1) is 7.74. The summed E-state index contributed by atoms with van der Waals surface area (Å²) >= 11 is 6.57. The lowest BCUT2D eigenvalue weighted by atomic mass is 10.3. The van der Waals surface area contributed by atoms with E-state index in [2.05, 4.69) is 21.2 Å². The maximum absolute atomic E-state index is 11.6. The van der Waals surface area contributed by atoms with Crippen molar-refractivity contribution in [3.05, 3.63) is 20.8 Å². The zero-order valence-electron chi connectivity index (χ0n) is 8.74. The zero-order valence-corrected chi connectivity index (χ0v) is 12.0. The maximum atomic E-state index is 11.6. The van der Waals surface area contributed by atoms with Crippen LogP contribution in [0.5, 0.6) is 0 Å². The van der Waals surface area contributed by atoms with Gasteiger partial charge in [-0.15, -0.1) is 11.3 Å². The number of halogens is 1. The van der Waals surface area contributed by atoms with Crippen molar-refractivity contribution in [1.82, 2.24) is 5.32 Å². The van der Waals surface area contributed by atoms with Crippen molar-refractivity contribution in [1.29, 1.82) is 0 Å². The molecule has 1 rings (SSSR count). The van der Waals surface area contributed by atoms with Crippen molar-refractivity contribution in [3.8, 4) is 0 Å². The normalized spacial score (nSPS) is 10.4. The number of hydrogen-bond acceptors (Lipinski definition) is 4. The molecule has 6 heteroatoms. The van der Waals surface area contributed by atoms with E-state index >= 15 is 0 Å². The molecule has 16 heavy (non-hydrogen) atoms. The summed E-state index contributed by atoms with van der Waals surface area (Å²) in [7, 11) is 0. The van der Waals surface area contributed by atoms with Crippen LogP contribution in [0.4, 0.5) is 0 Å². The second-order valence-corrected chi connectivity index (χ2v) is 6.60. The van der Waals surface area contributed by atoms with Crippen LogP contribution in [0, 0.1) is 0 Å². The molecule has 0 aliphatic rings. The molecule has 0 saturated carbocycles. The molecule has 1 aromatic heterocycles. The Labute approximate surface area is 112 Å². The van der Waals surface area contributed by atoms with Gasteiger partial charge in [-0.3, -0.25) is 4.79 Å². The number of aliphatic hydroxyl groups excluding tert-OH is 1. The van der Waals surface area contributed by atoms with Crippen LogP contribution >= 0.6 is 39.0 Å². The Morgan fingerprint density at radius 2 is 2.38 bits per heavy atom. The average molecular weight is 324 g/mol. The lowest BCUT2D eigenvalue weighted by Crippen LogP contribution is -2.25. The Hall–Kier alpha value is -0.0400. The van der Waals surface area contributed by atoms with Crippen LogP contribution in [0.3, 0.4) is 0 Å². The second-order valence-electron chi connectivity index (χ2n) is 3.08. The van der Waals surface area contributed by atoms with Crippen LogP contribution in [-0.2, 0) is 0 Å². The van der Waals surface area contributed by atoms with Crippen LogP contribution in [0.25, 0.3) is 0 Å². The summed E-state index contributed by atoms with van der Waals surface area (Å²) in [6.45, 7) is 0.907. The summed E-state index contributed by atoms with van der Waals surface area (Å²) in [6.07, 6.45) is 0.816. The molecule has 0 radical (unpaired) electrons. The van der Waals surface area contributed by atoms with Gasteiger partial charge >= 0.3 is 0 Å². The number of thiophene rings is 1. The molecule has 0 spiro atoms. The third-order valence-corrected chi connectivity index (χ3v) is 4.38. The van der Waals surface area contributed by atoms with Crippen LogP contribution in [0.1, 0.15) is 16.8 Å². The van der Waals surface area contributed by atoms with Crippen molar-refractivity contribution >= 4 is 44.9 Å². The third-order valence-electron chi connectivity index (χ3n) is 1.81. The second kappa shape index (κ2) is 8.11. The van der Waals surface area contributed by atoms with E-state index in [9.17, 15) is 4.79 Å². The SMILES string of the molecule is O=C(NCCSCCCO)c1csc(Br)c1. The molecule has 0 saturated heterocycles. The number of thioether (sulfide) groups is 1. The minimum atomic E-state index is -0.0234. The largest absolute Gasteiger partial charge is 0.396 e. The minimum absolute atomic E-state index is 0.0234. The molecule has 90 valence electrons. The summed E-state index contributed by atoms with van der Waals surface area (Å²) in [5.41, 5.74) is 0.706. The number of carbonyl (C=O) groups is 1. The summed E-state index contributed by atoms with van der Waals surface area (Å²) in [5.74, 6) is 1.80. The fraction of sp³-hybridized carbons (Fsp3) is 0.500. The number of nitrogens with one attached hydrogen (secondary N) is 1. The van der Waals surface area contributed by atoms with Gasteiger partial charge in [0.15, 0.2) is 0 Å². The summed E-state index contributed by atoms with van der Waals surface area (Å²) in [6, 6.07) is 1.82. The summed E-state index contributed by atoms with van der Waals surface area (Å²) in [5, 5.41) is 13.3. The first-order valence-electron chi connectivity index (χ1n) is 4.95. The van der Waals surface area contributed by atoms with Gasteiger partial charge in [0.2, 0.25) is 0 Å². The molecule has 2 N–H and O–H groups in total. The standard InChI is InChI=1S/C10H14BrNO2S2/c11-9-6-8(7-16-9)10(14)12-2-5-15-4-1-3-13/h6-7,13H,1-5H2,(H,12,14). The number of amides is 1. The molecule has 0 fully saturated rings. The van der Waals surface area contributed by atoms with Gasteiger partial charge in [0, 0.05) is 24.3 Å². The van der Waals surface area contributed by atoms with Gasteiger partial charge in [-0.2, -0.15) is 11.8 Å². The fourth-order valence-electron chi connectivity index (χ4n) is 1.04. The van der Waals surface area contributed by atoms with Gasteiger partial charge in [-0.25, -0.2) is 0 Å². The van der Waals surface area contributed by atoms with Gasteiger partial charge in [-0.1, -0.05) is 0 Å². The molecule has 0 aromatic carbocycles. The van der Waals surface area contributed by atoms with E-state index < -0.39 is 0 Å². The molecular formula is C10H14BrNO2S2. The molecule has 1 amide bonds. The highest BCUT2D eigenvalue weighted by Crippen LogP contribution is 2.20. The third kappa shape index (κ3) is 5.34. The van der Waals surface area contributed by atoms with Gasteiger partial charge in [-0.05, 0) is 34.2 Å². The number of carbonyl (C=O) groups excluding carboxylic acids is 1. The van der Waals surface area contributed by atoms with Crippen LogP contribution in [-0.4, -0.2) is 35.7 Å². The van der Waals surface area contributed by atoms with Crippen LogP contribution in [0.15, 0.2) is 15.2 Å². The van der Waals surface area contributed by atoms with Crippen molar-refractivity contribution in [2.75, 3.05) is 24.7 Å². The number of rotatable bonds is 7. The lowest BCUT2D eigenvalue weighted by molar-refractivity contribution is 0.0956. The molecule has 0 bridgehead atoms. The van der Waals surface area contributed by atoms with E-state index in [0.29, 0.717) is 12.1 Å². The van der Waals surface area contributed by atoms with Gasteiger partial charge in [0.25, 0.3) is 5.91 Å². The van der Waals surface area contributed by atoms with E-state index in [1.54, 1.807) is 11.8 Å². The minimum Gasteiger partial charge on any atom is -0.396 e. The average Bonchev–Trinajstić information content (AvgIpc) is 2.70. The fourth-order valence-corrected chi connectivity index (χ4v) is 2.96. The van der Waals surface area contributed by atoms with Crippen molar-refractivity contribution in [3.63, 3.8) is 0 Å². The highest BCUT2D eigenvalue weighted by Gasteiger charge is 2.06. The highest BCUT2D eigenvalue weighted by atomic mass is 79.9. The Morgan fingerprint density at radius 3 is 3.00 bits per heavy atom. The Kier molecular flexibility index (Phi) is 7.11. The Bertz CT molecular complexity index is 330. The zero-order chi connectivity index (χ0) is 11.8. The first-order valence-corrected chi connectivity index (χ1v) is 7.77. The molecule has 0 atom stereocenters. The predicted molar refractivity (Wildman–Crippen MR) is 73.4 cm³/mol. The smallest absolute Gasteiger partial charge is 0.252 e. The van der Waals surface area contributed by atoms with Crippen molar-refractivity contribution in [2.45, 2.75) is 6.42 Å². The number of aliphatic hydroxyl groups is 1. The van der Waals surface area contributed by atoms with Crippen LogP contribution < -0.4 is 5.32 Å². The van der Waals surface area contributed by atoms with E-state index in [1.165, 1.54) is 11.3 Å². The topological polar surface area (TPSA) is 49.3 Å². The molecule has 0 aliphatic heterocycles. The van der Waals surface area contributed by atoms with Crippen molar-refractivity contribution in [2.24, 2.45) is 0 Å². The predicted octanol–water partition coefficient (Wildman–Crippen LogP) is 2.36. The van der Waals surface area contributed by atoms with E-state index in [1.807, 2.05) is 11.4 Å². The molecule has 1 aromatic rings. The lowest BCUT2D eigenvalue weighted by Gasteiger charge is -2.03.